The number of hydrogen-bond acceptors (Lipinski definition) is 4. The van der Waals surface area contributed by atoms with Gasteiger partial charge in [-0.25, -0.2) is 4.39 Å². The summed E-state index contributed by atoms with van der Waals surface area (Å²) in [7, 11) is 0. The van der Waals surface area contributed by atoms with Gasteiger partial charge in [-0.2, -0.15) is 0 Å². The molecule has 0 bridgehead atoms. The summed E-state index contributed by atoms with van der Waals surface area (Å²) in [6.07, 6.45) is 2.16. The maximum Gasteiger partial charge on any atom is 0.295 e. The molecule has 1 aromatic heterocycles. The van der Waals surface area contributed by atoms with Crippen LogP contribution in [0.4, 0.5) is 15.8 Å². The second-order valence-electron chi connectivity index (χ2n) is 4.70. The maximum atomic E-state index is 13.4. The molecule has 1 aromatic carbocycles. The first kappa shape index (κ1) is 14.0. The average molecular weight is 278 g/mol. The molecule has 0 radical (unpaired) electrons. The zero-order valence-corrected chi connectivity index (χ0v) is 11.2. The molecular weight excluding hydrogens is 263 g/mol. The van der Waals surface area contributed by atoms with Crippen molar-refractivity contribution >= 4 is 11.4 Å². The van der Waals surface area contributed by atoms with Crippen LogP contribution in [0.5, 0.6) is 0 Å². The monoisotopic (exact) mass is 278 g/mol. The summed E-state index contributed by atoms with van der Waals surface area (Å²) in [5.74, 6) is 0.201. The number of nitro groups is 1. The van der Waals surface area contributed by atoms with Crippen LogP contribution in [-0.2, 0) is 6.42 Å². The van der Waals surface area contributed by atoms with E-state index in [2.05, 4.69) is 5.32 Å². The van der Waals surface area contributed by atoms with Crippen molar-refractivity contribution in [3.63, 3.8) is 0 Å². The van der Waals surface area contributed by atoms with E-state index in [0.717, 1.165) is 11.8 Å². The van der Waals surface area contributed by atoms with Crippen LogP contribution in [0.3, 0.4) is 0 Å². The molecule has 0 saturated carbocycles. The molecule has 2 aromatic rings. The molecule has 106 valence electrons. The van der Waals surface area contributed by atoms with Crippen LogP contribution in [0.15, 0.2) is 34.9 Å². The van der Waals surface area contributed by atoms with E-state index in [9.17, 15) is 14.5 Å². The van der Waals surface area contributed by atoms with Crippen molar-refractivity contribution in [2.45, 2.75) is 26.3 Å². The number of hydrogen-bond donors (Lipinski definition) is 1. The summed E-state index contributed by atoms with van der Waals surface area (Å²) in [6.45, 7) is 3.45. The zero-order chi connectivity index (χ0) is 14.7. The number of nitrogens with one attached hydrogen (secondary N) is 1. The van der Waals surface area contributed by atoms with Crippen molar-refractivity contribution in [2.75, 3.05) is 5.32 Å². The molecule has 2 rings (SSSR count). The van der Waals surface area contributed by atoms with Gasteiger partial charge in [0.1, 0.15) is 17.3 Å². The quantitative estimate of drug-likeness (QED) is 0.669. The lowest BCUT2D eigenvalue weighted by Crippen LogP contribution is -2.18. The van der Waals surface area contributed by atoms with E-state index in [4.69, 9.17) is 4.42 Å². The number of halogens is 1. The standard InChI is InChI=1S/C14H15FN2O3/c1-9-6-13(14(17(18)19)8-12(9)15)16-10(2)7-11-4-3-5-20-11/h3-6,8,10,16H,7H2,1-2H3. The Kier molecular flexibility index (Phi) is 4.02. The summed E-state index contributed by atoms with van der Waals surface area (Å²) < 4.78 is 18.6. The highest BCUT2D eigenvalue weighted by molar-refractivity contribution is 5.63. The predicted octanol–water partition coefficient (Wildman–Crippen LogP) is 3.68. The Morgan fingerprint density at radius 3 is 2.85 bits per heavy atom. The molecule has 1 atom stereocenters. The summed E-state index contributed by atoms with van der Waals surface area (Å²) in [6, 6.07) is 5.93. The van der Waals surface area contributed by atoms with Gasteiger partial charge in [0.2, 0.25) is 0 Å². The topological polar surface area (TPSA) is 68.3 Å². The van der Waals surface area contributed by atoms with Crippen LogP contribution in [-0.4, -0.2) is 11.0 Å². The third-order valence-corrected chi connectivity index (χ3v) is 2.96. The number of rotatable bonds is 5. The molecule has 0 aliphatic carbocycles. The van der Waals surface area contributed by atoms with Crippen LogP contribution in [0.1, 0.15) is 18.2 Å². The van der Waals surface area contributed by atoms with Crippen LogP contribution in [0, 0.1) is 22.9 Å². The predicted molar refractivity (Wildman–Crippen MR) is 73.3 cm³/mol. The molecule has 0 saturated heterocycles. The largest absolute Gasteiger partial charge is 0.469 e. The maximum absolute atomic E-state index is 13.4. The molecule has 0 aliphatic rings. The zero-order valence-electron chi connectivity index (χ0n) is 11.2. The first-order chi connectivity index (χ1) is 9.47. The first-order valence-electron chi connectivity index (χ1n) is 6.21. The fourth-order valence-electron chi connectivity index (χ4n) is 1.98. The third kappa shape index (κ3) is 3.14. The van der Waals surface area contributed by atoms with E-state index in [1.807, 2.05) is 13.0 Å². The average Bonchev–Trinajstić information content (AvgIpc) is 2.85. The molecule has 20 heavy (non-hydrogen) atoms. The summed E-state index contributed by atoms with van der Waals surface area (Å²) in [5, 5.41) is 14.0. The molecular formula is C14H15FN2O3. The van der Waals surface area contributed by atoms with Gasteiger partial charge in [0, 0.05) is 12.5 Å². The van der Waals surface area contributed by atoms with E-state index >= 15 is 0 Å². The van der Waals surface area contributed by atoms with Crippen molar-refractivity contribution in [1.82, 2.24) is 0 Å². The fourth-order valence-corrected chi connectivity index (χ4v) is 1.98. The summed E-state index contributed by atoms with van der Waals surface area (Å²) in [5.41, 5.74) is 0.413. The number of aryl methyl sites for hydroxylation is 1. The van der Waals surface area contributed by atoms with Gasteiger partial charge in [-0.05, 0) is 37.6 Å². The highest BCUT2D eigenvalue weighted by Gasteiger charge is 2.18. The van der Waals surface area contributed by atoms with E-state index in [-0.39, 0.29) is 11.7 Å². The SMILES string of the molecule is Cc1cc(NC(C)Cc2ccco2)c([N+](=O)[O-])cc1F. The van der Waals surface area contributed by atoms with Gasteiger partial charge in [-0.15, -0.1) is 0 Å². The normalized spacial score (nSPS) is 12.2. The van der Waals surface area contributed by atoms with Crippen LogP contribution in [0.25, 0.3) is 0 Å². The Balaban J connectivity index is 2.19. The molecule has 0 amide bonds. The Morgan fingerprint density at radius 1 is 1.50 bits per heavy atom. The van der Waals surface area contributed by atoms with E-state index in [1.165, 1.54) is 6.07 Å². The third-order valence-electron chi connectivity index (χ3n) is 2.96. The van der Waals surface area contributed by atoms with Crippen molar-refractivity contribution in [2.24, 2.45) is 0 Å². The van der Waals surface area contributed by atoms with Gasteiger partial charge in [-0.1, -0.05) is 0 Å². The summed E-state index contributed by atoms with van der Waals surface area (Å²) >= 11 is 0. The molecule has 1 unspecified atom stereocenters. The molecule has 5 nitrogen and oxygen atoms in total. The van der Waals surface area contributed by atoms with Crippen LogP contribution < -0.4 is 5.32 Å². The van der Waals surface area contributed by atoms with Crippen LogP contribution >= 0.6 is 0 Å². The van der Waals surface area contributed by atoms with Crippen molar-refractivity contribution in [3.8, 4) is 0 Å². The Bertz CT molecular complexity index is 611. The Morgan fingerprint density at radius 2 is 2.25 bits per heavy atom. The van der Waals surface area contributed by atoms with E-state index in [1.54, 1.807) is 19.3 Å². The number of benzene rings is 1. The summed E-state index contributed by atoms with van der Waals surface area (Å²) in [4.78, 5) is 10.4. The van der Waals surface area contributed by atoms with Crippen molar-refractivity contribution in [1.29, 1.82) is 0 Å². The molecule has 6 heteroatoms. The number of anilines is 1. The lowest BCUT2D eigenvalue weighted by Gasteiger charge is -2.14. The van der Waals surface area contributed by atoms with Gasteiger partial charge in [0.05, 0.1) is 17.3 Å². The Hall–Kier alpha value is -2.37. The molecule has 0 spiro atoms. The van der Waals surface area contributed by atoms with Crippen molar-refractivity contribution in [3.05, 3.63) is 57.8 Å². The molecule has 0 aliphatic heterocycles. The van der Waals surface area contributed by atoms with Gasteiger partial charge in [0.15, 0.2) is 0 Å². The Labute approximate surface area is 115 Å². The minimum Gasteiger partial charge on any atom is -0.469 e. The van der Waals surface area contributed by atoms with Gasteiger partial charge < -0.3 is 9.73 Å². The van der Waals surface area contributed by atoms with E-state index < -0.39 is 10.7 Å². The highest BCUT2D eigenvalue weighted by atomic mass is 19.1. The lowest BCUT2D eigenvalue weighted by atomic mass is 10.1. The van der Waals surface area contributed by atoms with E-state index in [0.29, 0.717) is 17.7 Å². The number of nitrogens with zero attached hydrogens (tertiary/aromatic N) is 1. The number of nitro benzene ring substituents is 1. The smallest absolute Gasteiger partial charge is 0.295 e. The second kappa shape index (κ2) is 5.73. The lowest BCUT2D eigenvalue weighted by molar-refractivity contribution is -0.384. The second-order valence-corrected chi connectivity index (χ2v) is 4.70. The van der Waals surface area contributed by atoms with Crippen LogP contribution in [0.2, 0.25) is 0 Å². The minimum absolute atomic E-state index is 0.0790. The molecule has 1 heterocycles. The first-order valence-corrected chi connectivity index (χ1v) is 6.21. The van der Waals surface area contributed by atoms with Gasteiger partial charge in [-0.3, -0.25) is 10.1 Å². The van der Waals surface area contributed by atoms with Gasteiger partial charge >= 0.3 is 0 Å². The van der Waals surface area contributed by atoms with Gasteiger partial charge in [0.25, 0.3) is 5.69 Å². The minimum atomic E-state index is -0.593. The highest BCUT2D eigenvalue weighted by Crippen LogP contribution is 2.28. The van der Waals surface area contributed by atoms with Crippen molar-refractivity contribution < 1.29 is 13.7 Å². The molecule has 0 fully saturated rings. The fraction of sp³-hybridized carbons (Fsp3) is 0.286. The number of furan rings is 1. The molecule has 1 N–H and O–H groups in total.